The molecule has 0 unspecified atom stereocenters. The summed E-state index contributed by atoms with van der Waals surface area (Å²) in [6.45, 7) is 10.1. The molecule has 150 valence electrons. The molecule has 3 rings (SSSR count). The fourth-order valence-corrected chi connectivity index (χ4v) is 3.70. The summed E-state index contributed by atoms with van der Waals surface area (Å²) in [5.41, 5.74) is 2.64. The van der Waals surface area contributed by atoms with Crippen LogP contribution in [0.15, 0.2) is 29.3 Å². The SMILES string of the molecule is CN=C(NCCN1CCCCC1)NCc1ccc(CN2CCOCC2)cc1. The highest BCUT2D eigenvalue weighted by Gasteiger charge is 2.11. The van der Waals surface area contributed by atoms with Crippen LogP contribution in [0.3, 0.4) is 0 Å². The Morgan fingerprint density at radius 3 is 2.33 bits per heavy atom. The topological polar surface area (TPSA) is 52.1 Å². The summed E-state index contributed by atoms with van der Waals surface area (Å²) in [6.07, 6.45) is 4.07. The Labute approximate surface area is 164 Å². The van der Waals surface area contributed by atoms with Crippen molar-refractivity contribution in [1.82, 2.24) is 20.4 Å². The highest BCUT2D eigenvalue weighted by Crippen LogP contribution is 2.09. The van der Waals surface area contributed by atoms with Gasteiger partial charge in [-0.1, -0.05) is 30.7 Å². The van der Waals surface area contributed by atoms with E-state index >= 15 is 0 Å². The van der Waals surface area contributed by atoms with Gasteiger partial charge in [0.2, 0.25) is 0 Å². The van der Waals surface area contributed by atoms with Crippen molar-refractivity contribution in [2.45, 2.75) is 32.4 Å². The number of aliphatic imine (C=N–C) groups is 1. The third-order valence-corrected chi connectivity index (χ3v) is 5.39. The van der Waals surface area contributed by atoms with Crippen LogP contribution in [-0.4, -0.2) is 75.3 Å². The van der Waals surface area contributed by atoms with Crippen LogP contribution >= 0.6 is 0 Å². The Morgan fingerprint density at radius 1 is 0.926 bits per heavy atom. The van der Waals surface area contributed by atoms with Gasteiger partial charge in [-0.3, -0.25) is 9.89 Å². The monoisotopic (exact) mass is 373 g/mol. The third kappa shape index (κ3) is 7.13. The lowest BCUT2D eigenvalue weighted by atomic mass is 10.1. The van der Waals surface area contributed by atoms with Crippen LogP contribution < -0.4 is 10.6 Å². The molecule has 2 fully saturated rings. The number of piperidine rings is 1. The molecule has 0 aliphatic carbocycles. The van der Waals surface area contributed by atoms with E-state index in [4.69, 9.17) is 4.74 Å². The van der Waals surface area contributed by atoms with Gasteiger partial charge in [0.15, 0.2) is 5.96 Å². The number of benzene rings is 1. The van der Waals surface area contributed by atoms with E-state index < -0.39 is 0 Å². The second-order valence-corrected chi connectivity index (χ2v) is 7.46. The number of ether oxygens (including phenoxy) is 1. The Hall–Kier alpha value is -1.63. The zero-order valence-corrected chi connectivity index (χ0v) is 16.8. The number of guanidine groups is 1. The van der Waals surface area contributed by atoms with Crippen LogP contribution in [-0.2, 0) is 17.8 Å². The first-order valence-electron chi connectivity index (χ1n) is 10.4. The number of nitrogens with zero attached hydrogens (tertiary/aromatic N) is 3. The van der Waals surface area contributed by atoms with Gasteiger partial charge in [-0.25, -0.2) is 0 Å². The average molecular weight is 374 g/mol. The molecule has 2 N–H and O–H groups in total. The van der Waals surface area contributed by atoms with Crippen molar-refractivity contribution in [3.8, 4) is 0 Å². The van der Waals surface area contributed by atoms with E-state index in [-0.39, 0.29) is 0 Å². The standard InChI is InChI=1S/C21H35N5O/c1-22-21(23-9-12-25-10-3-2-4-11-25)24-17-19-5-7-20(8-6-19)18-26-13-15-27-16-14-26/h5-8H,2-4,9-18H2,1H3,(H2,22,23,24). The van der Waals surface area contributed by atoms with Crippen molar-refractivity contribution in [2.24, 2.45) is 4.99 Å². The van der Waals surface area contributed by atoms with Crippen LogP contribution in [0.2, 0.25) is 0 Å². The van der Waals surface area contributed by atoms with Gasteiger partial charge in [-0.2, -0.15) is 0 Å². The summed E-state index contributed by atoms with van der Waals surface area (Å²) in [5, 5.41) is 6.85. The van der Waals surface area contributed by atoms with E-state index in [1.54, 1.807) is 0 Å². The zero-order valence-electron chi connectivity index (χ0n) is 16.8. The maximum atomic E-state index is 5.41. The number of nitrogens with one attached hydrogen (secondary N) is 2. The summed E-state index contributed by atoms with van der Waals surface area (Å²) in [5.74, 6) is 0.879. The molecule has 0 bridgehead atoms. The molecule has 0 amide bonds. The Balaban J connectivity index is 1.36. The van der Waals surface area contributed by atoms with Gasteiger partial charge < -0.3 is 20.3 Å². The van der Waals surface area contributed by atoms with Gasteiger partial charge in [-0.05, 0) is 37.1 Å². The van der Waals surface area contributed by atoms with Gasteiger partial charge in [0.05, 0.1) is 13.2 Å². The van der Waals surface area contributed by atoms with Gasteiger partial charge in [0.1, 0.15) is 0 Å². The first kappa shape index (κ1) is 20.1. The molecule has 0 spiro atoms. The zero-order chi connectivity index (χ0) is 18.7. The molecule has 2 aliphatic heterocycles. The lowest BCUT2D eigenvalue weighted by molar-refractivity contribution is 0.0342. The van der Waals surface area contributed by atoms with Crippen molar-refractivity contribution in [3.05, 3.63) is 35.4 Å². The maximum Gasteiger partial charge on any atom is 0.191 e. The molecule has 0 atom stereocenters. The molecule has 27 heavy (non-hydrogen) atoms. The normalized spacial score (nSPS) is 19.8. The molecule has 6 nitrogen and oxygen atoms in total. The molecular weight excluding hydrogens is 338 g/mol. The van der Waals surface area contributed by atoms with Gasteiger partial charge in [-0.15, -0.1) is 0 Å². The number of hydrogen-bond donors (Lipinski definition) is 2. The number of likely N-dealkylation sites (tertiary alicyclic amines) is 1. The highest BCUT2D eigenvalue weighted by atomic mass is 16.5. The third-order valence-electron chi connectivity index (χ3n) is 5.39. The molecule has 0 radical (unpaired) electrons. The molecule has 2 heterocycles. The lowest BCUT2D eigenvalue weighted by Crippen LogP contribution is -2.42. The molecular formula is C21H35N5O. The largest absolute Gasteiger partial charge is 0.379 e. The Morgan fingerprint density at radius 2 is 1.63 bits per heavy atom. The van der Waals surface area contributed by atoms with Crippen LogP contribution in [0.25, 0.3) is 0 Å². The summed E-state index contributed by atoms with van der Waals surface area (Å²) < 4.78 is 5.41. The van der Waals surface area contributed by atoms with Crippen molar-refractivity contribution in [3.63, 3.8) is 0 Å². The molecule has 1 aromatic rings. The second-order valence-electron chi connectivity index (χ2n) is 7.46. The van der Waals surface area contributed by atoms with Crippen molar-refractivity contribution in [1.29, 1.82) is 0 Å². The van der Waals surface area contributed by atoms with Gasteiger partial charge in [0, 0.05) is 46.3 Å². The van der Waals surface area contributed by atoms with E-state index in [0.29, 0.717) is 0 Å². The predicted molar refractivity (Wildman–Crippen MR) is 111 cm³/mol. The molecule has 0 aromatic heterocycles. The van der Waals surface area contributed by atoms with Gasteiger partial charge >= 0.3 is 0 Å². The Kier molecular flexibility index (Phi) is 8.39. The molecule has 6 heteroatoms. The second kappa shape index (κ2) is 11.3. The summed E-state index contributed by atoms with van der Waals surface area (Å²) in [6, 6.07) is 8.89. The molecule has 1 aromatic carbocycles. The predicted octanol–water partition coefficient (Wildman–Crippen LogP) is 1.67. The summed E-state index contributed by atoms with van der Waals surface area (Å²) in [7, 11) is 1.83. The fraction of sp³-hybridized carbons (Fsp3) is 0.667. The smallest absolute Gasteiger partial charge is 0.191 e. The van der Waals surface area contributed by atoms with Crippen LogP contribution in [0.4, 0.5) is 0 Å². The van der Waals surface area contributed by atoms with E-state index in [1.807, 2.05) is 7.05 Å². The minimum Gasteiger partial charge on any atom is -0.379 e. The van der Waals surface area contributed by atoms with E-state index in [9.17, 15) is 0 Å². The first-order chi connectivity index (χ1) is 13.3. The molecule has 2 saturated heterocycles. The summed E-state index contributed by atoms with van der Waals surface area (Å²) >= 11 is 0. The Bertz CT molecular complexity index is 562. The number of morpholine rings is 1. The van der Waals surface area contributed by atoms with Gasteiger partial charge in [0.25, 0.3) is 0 Å². The molecule has 0 saturated carbocycles. The first-order valence-corrected chi connectivity index (χ1v) is 10.4. The maximum absolute atomic E-state index is 5.41. The highest BCUT2D eigenvalue weighted by molar-refractivity contribution is 5.79. The summed E-state index contributed by atoms with van der Waals surface area (Å²) in [4.78, 5) is 9.33. The average Bonchev–Trinajstić information content (AvgIpc) is 2.73. The van der Waals surface area contributed by atoms with Crippen molar-refractivity contribution in [2.75, 3.05) is 59.5 Å². The van der Waals surface area contributed by atoms with E-state index in [0.717, 1.165) is 58.4 Å². The minimum atomic E-state index is 0.793. The lowest BCUT2D eigenvalue weighted by Gasteiger charge is -2.26. The number of hydrogen-bond acceptors (Lipinski definition) is 4. The number of rotatable bonds is 7. The van der Waals surface area contributed by atoms with E-state index in [2.05, 4.69) is 49.7 Å². The van der Waals surface area contributed by atoms with E-state index in [1.165, 1.54) is 43.5 Å². The van der Waals surface area contributed by atoms with Crippen LogP contribution in [0.1, 0.15) is 30.4 Å². The van der Waals surface area contributed by atoms with Crippen molar-refractivity contribution < 1.29 is 4.74 Å². The van der Waals surface area contributed by atoms with Crippen molar-refractivity contribution >= 4 is 5.96 Å². The fourth-order valence-electron chi connectivity index (χ4n) is 3.70. The quantitative estimate of drug-likeness (QED) is 0.562. The minimum absolute atomic E-state index is 0.793. The molecule has 2 aliphatic rings. The van der Waals surface area contributed by atoms with Crippen LogP contribution in [0.5, 0.6) is 0 Å². The van der Waals surface area contributed by atoms with Crippen LogP contribution in [0, 0.1) is 0 Å².